The van der Waals surface area contributed by atoms with Gasteiger partial charge in [0.15, 0.2) is 0 Å². The number of hydrogen-bond acceptors (Lipinski definition) is 4. The minimum absolute atomic E-state index is 0.0516. The Kier molecular flexibility index (Phi) is 3.91. The number of rotatable bonds is 3. The Morgan fingerprint density at radius 1 is 1.14 bits per heavy atom. The van der Waals surface area contributed by atoms with Crippen LogP contribution < -0.4 is 5.69 Å². The molecule has 0 aliphatic heterocycles. The Morgan fingerprint density at radius 2 is 1.86 bits per heavy atom. The molecule has 2 aromatic heterocycles. The second-order valence-electron chi connectivity index (χ2n) is 4.39. The van der Waals surface area contributed by atoms with Gasteiger partial charge in [0.05, 0.1) is 28.0 Å². The molecule has 0 aliphatic rings. The molecule has 0 spiro atoms. The van der Waals surface area contributed by atoms with Crippen molar-refractivity contribution in [3.8, 4) is 5.69 Å². The van der Waals surface area contributed by atoms with E-state index in [2.05, 4.69) is 15.4 Å². The molecular formula is C13H8Cl2FN5O. The summed E-state index contributed by atoms with van der Waals surface area (Å²) in [6, 6.07) is 6.87. The van der Waals surface area contributed by atoms with Crippen LogP contribution in [0.25, 0.3) is 5.69 Å². The SMILES string of the molecule is O=c1n(Cc2ncc(Cl)cc2Cl)nnn1-c1ccc(F)cc1. The van der Waals surface area contributed by atoms with Crippen molar-refractivity contribution in [1.82, 2.24) is 24.8 Å². The summed E-state index contributed by atoms with van der Waals surface area (Å²) in [5.41, 5.74) is 0.367. The van der Waals surface area contributed by atoms with Crippen molar-refractivity contribution in [2.45, 2.75) is 6.54 Å². The van der Waals surface area contributed by atoms with E-state index >= 15 is 0 Å². The highest BCUT2D eigenvalue weighted by molar-refractivity contribution is 6.34. The molecule has 0 saturated carbocycles. The maximum Gasteiger partial charge on any atom is 0.368 e. The summed E-state index contributed by atoms with van der Waals surface area (Å²) in [4.78, 5) is 16.3. The summed E-state index contributed by atoms with van der Waals surface area (Å²) >= 11 is 11.8. The number of pyridine rings is 1. The lowest BCUT2D eigenvalue weighted by Crippen LogP contribution is -2.25. The molecule has 3 aromatic rings. The van der Waals surface area contributed by atoms with Crippen LogP contribution in [0.3, 0.4) is 0 Å². The summed E-state index contributed by atoms with van der Waals surface area (Å²) in [5, 5.41) is 8.25. The van der Waals surface area contributed by atoms with E-state index < -0.39 is 11.5 Å². The molecule has 0 saturated heterocycles. The van der Waals surface area contributed by atoms with Gasteiger partial charge in [-0.25, -0.2) is 9.18 Å². The smallest absolute Gasteiger partial charge is 0.256 e. The van der Waals surface area contributed by atoms with Gasteiger partial charge in [-0.2, -0.15) is 9.36 Å². The summed E-state index contributed by atoms with van der Waals surface area (Å²) in [5.74, 6) is -0.402. The highest BCUT2D eigenvalue weighted by Crippen LogP contribution is 2.18. The lowest BCUT2D eigenvalue weighted by Gasteiger charge is -2.02. The predicted octanol–water partition coefficient (Wildman–Crippen LogP) is 2.32. The summed E-state index contributed by atoms with van der Waals surface area (Å²) < 4.78 is 15.1. The third-order valence-corrected chi connectivity index (χ3v) is 3.43. The molecular weight excluding hydrogens is 332 g/mol. The fourth-order valence-corrected chi connectivity index (χ4v) is 2.26. The minimum Gasteiger partial charge on any atom is -0.256 e. The average molecular weight is 340 g/mol. The first-order valence-electron chi connectivity index (χ1n) is 6.13. The quantitative estimate of drug-likeness (QED) is 0.734. The average Bonchev–Trinajstić information content (AvgIpc) is 2.84. The van der Waals surface area contributed by atoms with Gasteiger partial charge in [-0.1, -0.05) is 23.2 Å². The molecule has 6 nitrogen and oxygen atoms in total. The summed E-state index contributed by atoms with van der Waals surface area (Å²) in [6.45, 7) is 0.0516. The van der Waals surface area contributed by atoms with Crippen molar-refractivity contribution in [2.24, 2.45) is 0 Å². The van der Waals surface area contributed by atoms with E-state index in [1.165, 1.54) is 36.5 Å². The van der Waals surface area contributed by atoms with E-state index in [0.717, 1.165) is 9.36 Å². The third-order valence-electron chi connectivity index (χ3n) is 2.89. The van der Waals surface area contributed by atoms with Gasteiger partial charge < -0.3 is 0 Å². The molecule has 0 aliphatic carbocycles. The van der Waals surface area contributed by atoms with Crippen LogP contribution in [-0.4, -0.2) is 24.8 Å². The number of aromatic nitrogens is 5. The van der Waals surface area contributed by atoms with E-state index in [9.17, 15) is 9.18 Å². The molecule has 2 heterocycles. The largest absolute Gasteiger partial charge is 0.368 e. The van der Waals surface area contributed by atoms with Crippen LogP contribution in [0.1, 0.15) is 5.69 Å². The highest BCUT2D eigenvalue weighted by atomic mass is 35.5. The Labute approximate surface area is 133 Å². The van der Waals surface area contributed by atoms with Crippen LogP contribution in [-0.2, 0) is 6.54 Å². The van der Waals surface area contributed by atoms with E-state index in [0.29, 0.717) is 21.4 Å². The molecule has 0 amide bonds. The van der Waals surface area contributed by atoms with Gasteiger partial charge >= 0.3 is 5.69 Å². The van der Waals surface area contributed by atoms with Gasteiger partial charge in [0, 0.05) is 6.20 Å². The lowest BCUT2D eigenvalue weighted by atomic mass is 10.3. The van der Waals surface area contributed by atoms with Crippen LogP contribution in [0, 0.1) is 5.82 Å². The monoisotopic (exact) mass is 339 g/mol. The fraction of sp³-hybridized carbons (Fsp3) is 0.0769. The second kappa shape index (κ2) is 5.86. The van der Waals surface area contributed by atoms with Gasteiger partial charge in [-0.15, -0.1) is 0 Å². The van der Waals surface area contributed by atoms with Crippen molar-refractivity contribution in [1.29, 1.82) is 0 Å². The van der Waals surface area contributed by atoms with Crippen LogP contribution in [0.5, 0.6) is 0 Å². The Bertz CT molecular complexity index is 875. The molecule has 0 radical (unpaired) electrons. The van der Waals surface area contributed by atoms with Gasteiger partial charge in [0.25, 0.3) is 0 Å². The van der Waals surface area contributed by atoms with E-state index in [1.54, 1.807) is 0 Å². The van der Waals surface area contributed by atoms with E-state index in [4.69, 9.17) is 23.2 Å². The molecule has 0 N–H and O–H groups in total. The summed E-state index contributed by atoms with van der Waals surface area (Å²) in [7, 11) is 0. The van der Waals surface area contributed by atoms with Crippen LogP contribution in [0.2, 0.25) is 10.0 Å². The van der Waals surface area contributed by atoms with Crippen LogP contribution >= 0.6 is 23.2 Å². The zero-order valence-electron chi connectivity index (χ0n) is 10.9. The Hall–Kier alpha value is -2.25. The van der Waals surface area contributed by atoms with Crippen LogP contribution in [0.15, 0.2) is 41.3 Å². The normalized spacial score (nSPS) is 10.9. The Balaban J connectivity index is 1.93. The number of hydrogen-bond donors (Lipinski definition) is 0. The standard InChI is InChI=1S/C13H8Cl2FN5O/c14-8-5-11(15)12(17-6-8)7-20-13(22)21(19-18-20)10-3-1-9(16)2-4-10/h1-6H,7H2. The zero-order valence-corrected chi connectivity index (χ0v) is 12.5. The van der Waals surface area contributed by atoms with E-state index in [1.807, 2.05) is 0 Å². The Morgan fingerprint density at radius 3 is 2.55 bits per heavy atom. The fourth-order valence-electron chi connectivity index (χ4n) is 1.82. The molecule has 9 heteroatoms. The third kappa shape index (κ3) is 2.86. The van der Waals surface area contributed by atoms with Crippen molar-refractivity contribution < 1.29 is 4.39 Å². The first-order valence-corrected chi connectivity index (χ1v) is 6.89. The summed E-state index contributed by atoms with van der Waals surface area (Å²) in [6.07, 6.45) is 1.43. The van der Waals surface area contributed by atoms with Crippen molar-refractivity contribution >= 4 is 23.2 Å². The maximum absolute atomic E-state index is 12.9. The number of tetrazole rings is 1. The zero-order chi connectivity index (χ0) is 15.7. The molecule has 0 bridgehead atoms. The second-order valence-corrected chi connectivity index (χ2v) is 5.23. The molecule has 1 aromatic carbocycles. The number of nitrogens with zero attached hydrogens (tertiary/aromatic N) is 5. The van der Waals surface area contributed by atoms with Gasteiger partial charge in [0.2, 0.25) is 0 Å². The van der Waals surface area contributed by atoms with Gasteiger partial charge in [-0.05, 0) is 40.8 Å². The first-order chi connectivity index (χ1) is 10.5. The maximum atomic E-state index is 12.9. The molecule has 3 rings (SSSR count). The highest BCUT2D eigenvalue weighted by Gasteiger charge is 2.12. The van der Waals surface area contributed by atoms with E-state index in [-0.39, 0.29) is 6.54 Å². The molecule has 0 fully saturated rings. The lowest BCUT2D eigenvalue weighted by molar-refractivity contribution is 0.621. The first kappa shape index (κ1) is 14.7. The minimum atomic E-state index is -0.487. The molecule has 0 atom stereocenters. The van der Waals surface area contributed by atoms with Crippen molar-refractivity contribution in [2.75, 3.05) is 0 Å². The van der Waals surface area contributed by atoms with Crippen molar-refractivity contribution in [3.63, 3.8) is 0 Å². The van der Waals surface area contributed by atoms with Gasteiger partial charge in [-0.3, -0.25) is 4.98 Å². The molecule has 112 valence electrons. The number of halogens is 3. The topological polar surface area (TPSA) is 65.6 Å². The van der Waals surface area contributed by atoms with Gasteiger partial charge in [0.1, 0.15) is 5.82 Å². The van der Waals surface area contributed by atoms with Crippen LogP contribution in [0.4, 0.5) is 4.39 Å². The number of benzene rings is 1. The van der Waals surface area contributed by atoms with Crippen molar-refractivity contribution in [3.05, 3.63) is 68.6 Å². The predicted molar refractivity (Wildman–Crippen MR) is 78.9 cm³/mol. The molecule has 22 heavy (non-hydrogen) atoms. The molecule has 0 unspecified atom stereocenters.